The van der Waals surface area contributed by atoms with Crippen molar-refractivity contribution in [1.82, 2.24) is 4.90 Å². The number of likely N-dealkylation sites (N-methyl/N-ethyl adjacent to an activating group) is 1. The van der Waals surface area contributed by atoms with E-state index >= 15 is 0 Å². The van der Waals surface area contributed by atoms with E-state index in [1.165, 1.54) is 28.8 Å². The summed E-state index contributed by atoms with van der Waals surface area (Å²) in [6.45, 7) is 2.30. The highest BCUT2D eigenvalue weighted by atomic mass is 35.5. The Bertz CT molecular complexity index is 1110. The van der Waals surface area contributed by atoms with Gasteiger partial charge in [-0.2, -0.15) is 0 Å². The number of ether oxygens (including phenoxy) is 1. The number of halogens is 2. The number of hydrogen-bond donors (Lipinski definition) is 1. The number of terminal acetylenes is 1. The molecule has 0 radical (unpaired) electrons. The second kappa shape index (κ2) is 9.92. The average Bonchev–Trinajstić information content (AvgIpc) is 3.01. The van der Waals surface area contributed by atoms with Crippen molar-refractivity contribution < 1.29 is 19.4 Å². The van der Waals surface area contributed by atoms with Gasteiger partial charge in [0.2, 0.25) is 0 Å². The maximum Gasteiger partial charge on any atom is 0.335 e. The third-order valence-electron chi connectivity index (χ3n) is 4.16. The molecule has 3 rings (SSSR count). The van der Waals surface area contributed by atoms with Crippen LogP contribution in [0.25, 0.3) is 6.08 Å². The van der Waals surface area contributed by atoms with Crippen LogP contribution in [-0.2, 0) is 4.79 Å². The van der Waals surface area contributed by atoms with Gasteiger partial charge in [-0.05, 0) is 66.7 Å². The van der Waals surface area contributed by atoms with Crippen LogP contribution in [0.15, 0.2) is 46.3 Å². The largest absolute Gasteiger partial charge is 0.478 e. The van der Waals surface area contributed by atoms with Gasteiger partial charge in [0.25, 0.3) is 5.91 Å². The molecule has 1 N–H and O–H groups in total. The van der Waals surface area contributed by atoms with E-state index in [1.807, 2.05) is 6.92 Å². The highest BCUT2D eigenvalue weighted by Gasteiger charge is 2.32. The fourth-order valence-electron chi connectivity index (χ4n) is 2.73. The number of carbonyl (C=O) groups excluding carboxylic acids is 1. The van der Waals surface area contributed by atoms with Gasteiger partial charge in [-0.1, -0.05) is 29.1 Å². The molecule has 0 saturated carbocycles. The number of aromatic carboxylic acids is 1. The molecule has 31 heavy (non-hydrogen) atoms. The lowest BCUT2D eigenvalue weighted by atomic mass is 10.2. The van der Waals surface area contributed by atoms with E-state index in [4.69, 9.17) is 39.5 Å². The van der Waals surface area contributed by atoms with Gasteiger partial charge in [-0.15, -0.1) is 6.42 Å². The smallest absolute Gasteiger partial charge is 0.335 e. The molecule has 0 bridgehead atoms. The van der Waals surface area contributed by atoms with Crippen LogP contribution >= 0.6 is 35.0 Å². The minimum absolute atomic E-state index is 0.0347. The van der Waals surface area contributed by atoms with Crippen LogP contribution < -0.4 is 4.74 Å². The van der Waals surface area contributed by atoms with Crippen LogP contribution in [0, 0.1) is 12.3 Å². The molecule has 6 nitrogen and oxygen atoms in total. The molecular formula is C22H16Cl2N2O4S. The highest BCUT2D eigenvalue weighted by molar-refractivity contribution is 8.18. The number of thioether (sulfide) groups is 1. The van der Waals surface area contributed by atoms with E-state index in [-0.39, 0.29) is 33.9 Å². The van der Waals surface area contributed by atoms with Gasteiger partial charge in [0.05, 0.1) is 26.2 Å². The van der Waals surface area contributed by atoms with Gasteiger partial charge >= 0.3 is 5.97 Å². The number of carbonyl (C=O) groups is 2. The molecule has 0 aromatic heterocycles. The van der Waals surface area contributed by atoms with Crippen LogP contribution in [0.4, 0.5) is 5.69 Å². The summed E-state index contributed by atoms with van der Waals surface area (Å²) in [5.74, 6) is 1.42. The SMILES string of the molecule is C#CCOc1c(Cl)cc(C=C2SC(=Nc3ccc(C(=O)O)cc3)N(CC)C2=O)cc1Cl. The van der Waals surface area contributed by atoms with Gasteiger partial charge in [-0.3, -0.25) is 9.69 Å². The summed E-state index contributed by atoms with van der Waals surface area (Å²) in [5, 5.41) is 10.1. The Kier molecular flexibility index (Phi) is 7.29. The molecular weight excluding hydrogens is 459 g/mol. The Hall–Kier alpha value is -2.92. The first-order valence-electron chi connectivity index (χ1n) is 9.02. The molecule has 2 aromatic carbocycles. The molecule has 0 atom stereocenters. The topological polar surface area (TPSA) is 79.2 Å². The molecule has 2 aromatic rings. The summed E-state index contributed by atoms with van der Waals surface area (Å²) >= 11 is 13.7. The predicted octanol–water partition coefficient (Wildman–Crippen LogP) is 5.33. The molecule has 1 saturated heterocycles. The molecule has 158 valence electrons. The molecule has 9 heteroatoms. The summed E-state index contributed by atoms with van der Waals surface area (Å²) in [5.41, 5.74) is 1.33. The van der Waals surface area contributed by atoms with E-state index in [0.29, 0.717) is 27.9 Å². The summed E-state index contributed by atoms with van der Waals surface area (Å²) in [6.07, 6.45) is 6.87. The van der Waals surface area contributed by atoms with Crippen LogP contribution in [0.2, 0.25) is 10.0 Å². The Morgan fingerprint density at radius 1 is 1.29 bits per heavy atom. The fraction of sp³-hybridized carbons (Fsp3) is 0.136. The van der Waals surface area contributed by atoms with Crippen molar-refractivity contribution >= 4 is 63.8 Å². The first-order chi connectivity index (χ1) is 14.8. The van der Waals surface area contributed by atoms with Gasteiger partial charge in [0.15, 0.2) is 10.9 Å². The Morgan fingerprint density at radius 3 is 2.48 bits per heavy atom. The van der Waals surface area contributed by atoms with Gasteiger partial charge in [-0.25, -0.2) is 9.79 Å². The molecule has 1 fully saturated rings. The van der Waals surface area contributed by atoms with Crippen LogP contribution in [-0.4, -0.2) is 40.2 Å². The van der Waals surface area contributed by atoms with Crippen molar-refractivity contribution in [3.63, 3.8) is 0 Å². The van der Waals surface area contributed by atoms with Crippen LogP contribution in [0.5, 0.6) is 5.75 Å². The van der Waals surface area contributed by atoms with Crippen molar-refractivity contribution in [3.8, 4) is 18.1 Å². The maximum absolute atomic E-state index is 12.8. The monoisotopic (exact) mass is 474 g/mol. The number of amidine groups is 1. The van der Waals surface area contributed by atoms with Gasteiger partial charge < -0.3 is 9.84 Å². The lowest BCUT2D eigenvalue weighted by Gasteiger charge is -2.12. The molecule has 0 unspecified atom stereocenters. The van der Waals surface area contributed by atoms with Gasteiger partial charge in [0, 0.05) is 6.54 Å². The number of aliphatic imine (C=N–C) groups is 1. The van der Waals surface area contributed by atoms with E-state index in [0.717, 1.165) is 0 Å². The second-order valence-electron chi connectivity index (χ2n) is 6.21. The Labute approximate surface area is 193 Å². The molecule has 0 aliphatic carbocycles. The number of benzene rings is 2. The van der Waals surface area contributed by atoms with E-state index in [1.54, 1.807) is 30.3 Å². The number of carboxylic acids is 1. The number of nitrogens with zero attached hydrogens (tertiary/aromatic N) is 2. The molecule has 0 spiro atoms. The highest BCUT2D eigenvalue weighted by Crippen LogP contribution is 2.38. The lowest BCUT2D eigenvalue weighted by molar-refractivity contribution is -0.122. The van der Waals surface area contributed by atoms with E-state index in [9.17, 15) is 9.59 Å². The first-order valence-corrected chi connectivity index (χ1v) is 10.6. The second-order valence-corrected chi connectivity index (χ2v) is 8.04. The first kappa shape index (κ1) is 22.8. The third-order valence-corrected chi connectivity index (χ3v) is 5.73. The maximum atomic E-state index is 12.8. The zero-order valence-electron chi connectivity index (χ0n) is 16.3. The third kappa shape index (κ3) is 5.23. The van der Waals surface area contributed by atoms with Gasteiger partial charge in [0.1, 0.15) is 6.61 Å². The summed E-state index contributed by atoms with van der Waals surface area (Å²) in [6, 6.07) is 9.37. The lowest BCUT2D eigenvalue weighted by Crippen LogP contribution is -2.28. The van der Waals surface area contributed by atoms with E-state index in [2.05, 4.69) is 10.9 Å². The van der Waals surface area contributed by atoms with E-state index < -0.39 is 5.97 Å². The molecule has 1 amide bonds. The number of carboxylic acid groups (broad SMARTS) is 1. The zero-order chi connectivity index (χ0) is 22.5. The van der Waals surface area contributed by atoms with Crippen molar-refractivity contribution in [3.05, 3.63) is 62.5 Å². The minimum atomic E-state index is -1.02. The Balaban J connectivity index is 1.90. The molecule has 1 aliphatic rings. The zero-order valence-corrected chi connectivity index (χ0v) is 18.6. The molecule has 1 aliphatic heterocycles. The fourth-order valence-corrected chi connectivity index (χ4v) is 4.40. The average molecular weight is 475 g/mol. The predicted molar refractivity (Wildman–Crippen MR) is 124 cm³/mol. The van der Waals surface area contributed by atoms with Crippen LogP contribution in [0.1, 0.15) is 22.8 Å². The number of rotatable bonds is 6. The van der Waals surface area contributed by atoms with Crippen molar-refractivity contribution in [2.75, 3.05) is 13.2 Å². The van der Waals surface area contributed by atoms with Crippen molar-refractivity contribution in [2.24, 2.45) is 4.99 Å². The Morgan fingerprint density at radius 2 is 1.94 bits per heavy atom. The number of hydrogen-bond acceptors (Lipinski definition) is 5. The summed E-state index contributed by atoms with van der Waals surface area (Å²) in [7, 11) is 0. The quantitative estimate of drug-likeness (QED) is 0.452. The number of amides is 1. The summed E-state index contributed by atoms with van der Waals surface area (Å²) < 4.78 is 5.35. The minimum Gasteiger partial charge on any atom is -0.478 e. The standard InChI is InChI=1S/C22H16Cl2N2O4S/c1-3-9-30-19-16(23)10-13(11-17(19)24)12-18-20(27)26(4-2)22(31-18)25-15-7-5-14(6-8-15)21(28)29/h1,5-8,10-12H,4,9H2,2H3,(H,28,29). The summed E-state index contributed by atoms with van der Waals surface area (Å²) in [4.78, 5) is 30.3. The van der Waals surface area contributed by atoms with Crippen molar-refractivity contribution in [2.45, 2.75) is 6.92 Å². The normalized spacial score (nSPS) is 16.1. The molecule has 1 heterocycles. The van der Waals surface area contributed by atoms with Crippen LogP contribution in [0.3, 0.4) is 0 Å². The van der Waals surface area contributed by atoms with Crippen molar-refractivity contribution in [1.29, 1.82) is 0 Å².